The molecule has 1 aromatic heterocycles. The van der Waals surface area contributed by atoms with Gasteiger partial charge in [-0.05, 0) is 53.6 Å². The summed E-state index contributed by atoms with van der Waals surface area (Å²) >= 11 is 5.35. The highest BCUT2D eigenvalue weighted by atomic mass is 79.9. The van der Waals surface area contributed by atoms with Crippen LogP contribution < -0.4 is 5.32 Å². The molecule has 4 unspecified atom stereocenters. The molecule has 1 saturated carbocycles. The van der Waals surface area contributed by atoms with E-state index in [0.29, 0.717) is 12.1 Å². The standard InChI is InChI=1S/C13H20BrNS/c1-8-4-5-12(9(8)2)15-10(3)13-6-11(14)7-16-13/h6-10,12,15H,4-5H2,1-3H3. The lowest BCUT2D eigenvalue weighted by atomic mass is 9.97. The normalized spacial score (nSPS) is 31.9. The van der Waals surface area contributed by atoms with E-state index in [1.54, 1.807) is 0 Å². The average molecular weight is 302 g/mol. The van der Waals surface area contributed by atoms with Gasteiger partial charge in [0.2, 0.25) is 0 Å². The second-order valence-corrected chi connectivity index (χ2v) is 6.93. The highest BCUT2D eigenvalue weighted by Crippen LogP contribution is 2.33. The molecule has 3 heteroatoms. The first kappa shape index (κ1) is 12.6. The van der Waals surface area contributed by atoms with Gasteiger partial charge < -0.3 is 5.32 Å². The Morgan fingerprint density at radius 2 is 2.19 bits per heavy atom. The van der Waals surface area contributed by atoms with E-state index in [4.69, 9.17) is 0 Å². The van der Waals surface area contributed by atoms with Gasteiger partial charge in [-0.2, -0.15) is 0 Å². The van der Waals surface area contributed by atoms with Crippen molar-refractivity contribution in [3.63, 3.8) is 0 Å². The summed E-state index contributed by atoms with van der Waals surface area (Å²) in [6, 6.07) is 3.41. The predicted octanol–water partition coefficient (Wildman–Crippen LogP) is 4.60. The van der Waals surface area contributed by atoms with Crippen molar-refractivity contribution in [3.8, 4) is 0 Å². The van der Waals surface area contributed by atoms with Crippen molar-refractivity contribution < 1.29 is 0 Å². The Morgan fingerprint density at radius 3 is 2.69 bits per heavy atom. The van der Waals surface area contributed by atoms with Crippen molar-refractivity contribution in [1.82, 2.24) is 5.32 Å². The molecule has 1 N–H and O–H groups in total. The summed E-state index contributed by atoms with van der Waals surface area (Å²) in [6.07, 6.45) is 2.71. The van der Waals surface area contributed by atoms with Crippen molar-refractivity contribution in [1.29, 1.82) is 0 Å². The van der Waals surface area contributed by atoms with E-state index in [0.717, 1.165) is 11.8 Å². The van der Waals surface area contributed by atoms with Gasteiger partial charge in [-0.25, -0.2) is 0 Å². The van der Waals surface area contributed by atoms with Crippen LogP contribution >= 0.6 is 27.3 Å². The molecule has 1 aliphatic carbocycles. The van der Waals surface area contributed by atoms with Gasteiger partial charge >= 0.3 is 0 Å². The van der Waals surface area contributed by atoms with E-state index in [9.17, 15) is 0 Å². The van der Waals surface area contributed by atoms with Crippen LogP contribution in [0.3, 0.4) is 0 Å². The van der Waals surface area contributed by atoms with Crippen molar-refractivity contribution >= 4 is 27.3 Å². The smallest absolute Gasteiger partial charge is 0.0388 e. The summed E-state index contributed by atoms with van der Waals surface area (Å²) in [4.78, 5) is 1.43. The topological polar surface area (TPSA) is 12.0 Å². The molecule has 16 heavy (non-hydrogen) atoms. The first-order chi connectivity index (χ1) is 7.58. The first-order valence-electron chi connectivity index (χ1n) is 6.08. The minimum atomic E-state index is 0.481. The summed E-state index contributed by atoms with van der Waals surface area (Å²) in [5.74, 6) is 1.69. The average Bonchev–Trinajstić information content (AvgIpc) is 2.79. The Labute approximate surface area is 111 Å². The maximum Gasteiger partial charge on any atom is 0.0388 e. The van der Waals surface area contributed by atoms with Crippen LogP contribution in [0.1, 0.15) is 44.5 Å². The number of hydrogen-bond acceptors (Lipinski definition) is 2. The van der Waals surface area contributed by atoms with E-state index in [-0.39, 0.29) is 0 Å². The zero-order valence-electron chi connectivity index (χ0n) is 10.2. The van der Waals surface area contributed by atoms with E-state index in [1.807, 2.05) is 11.3 Å². The molecule has 2 rings (SSSR count). The fourth-order valence-electron chi connectivity index (χ4n) is 2.56. The van der Waals surface area contributed by atoms with Crippen LogP contribution in [0.15, 0.2) is 15.9 Å². The molecule has 1 nitrogen and oxygen atoms in total. The molecule has 0 bridgehead atoms. The van der Waals surface area contributed by atoms with Gasteiger partial charge in [0.1, 0.15) is 0 Å². The lowest BCUT2D eigenvalue weighted by Gasteiger charge is -2.23. The van der Waals surface area contributed by atoms with Crippen molar-refractivity contribution in [2.45, 2.75) is 45.7 Å². The SMILES string of the molecule is CC(NC1CCC(C)C1C)c1cc(Br)cs1. The van der Waals surface area contributed by atoms with E-state index < -0.39 is 0 Å². The molecule has 0 aliphatic heterocycles. The summed E-state index contributed by atoms with van der Waals surface area (Å²) in [7, 11) is 0. The van der Waals surface area contributed by atoms with E-state index >= 15 is 0 Å². The summed E-state index contributed by atoms with van der Waals surface area (Å²) in [5.41, 5.74) is 0. The Kier molecular flexibility index (Phi) is 4.09. The quantitative estimate of drug-likeness (QED) is 0.860. The van der Waals surface area contributed by atoms with Gasteiger partial charge in [-0.1, -0.05) is 13.8 Å². The Morgan fingerprint density at radius 1 is 1.44 bits per heavy atom. The predicted molar refractivity (Wildman–Crippen MR) is 74.9 cm³/mol. The number of thiophene rings is 1. The van der Waals surface area contributed by atoms with Crippen LogP contribution in [0.25, 0.3) is 0 Å². The lowest BCUT2D eigenvalue weighted by molar-refractivity contribution is 0.348. The number of hydrogen-bond donors (Lipinski definition) is 1. The zero-order chi connectivity index (χ0) is 11.7. The van der Waals surface area contributed by atoms with Gasteiger partial charge in [-0.3, -0.25) is 0 Å². The second kappa shape index (κ2) is 5.19. The molecule has 0 aromatic carbocycles. The molecule has 1 aromatic rings. The largest absolute Gasteiger partial charge is 0.306 e. The number of rotatable bonds is 3. The second-order valence-electron chi connectivity index (χ2n) is 5.08. The van der Waals surface area contributed by atoms with E-state index in [1.165, 1.54) is 22.2 Å². The molecular formula is C13H20BrNS. The third kappa shape index (κ3) is 2.69. The monoisotopic (exact) mass is 301 g/mol. The van der Waals surface area contributed by atoms with Crippen molar-refractivity contribution in [3.05, 3.63) is 20.8 Å². The van der Waals surface area contributed by atoms with Gasteiger partial charge in [0, 0.05) is 26.8 Å². The maximum atomic E-state index is 3.78. The van der Waals surface area contributed by atoms with Crippen molar-refractivity contribution in [2.24, 2.45) is 11.8 Å². The molecule has 0 spiro atoms. The Balaban J connectivity index is 1.95. The fourth-order valence-corrected chi connectivity index (χ4v) is 4.02. The minimum Gasteiger partial charge on any atom is -0.306 e. The van der Waals surface area contributed by atoms with Crippen LogP contribution in [-0.4, -0.2) is 6.04 Å². The van der Waals surface area contributed by atoms with Crippen LogP contribution in [0.4, 0.5) is 0 Å². The summed E-state index contributed by atoms with van der Waals surface area (Å²) in [6.45, 7) is 7.03. The zero-order valence-corrected chi connectivity index (χ0v) is 12.6. The third-order valence-electron chi connectivity index (χ3n) is 3.94. The molecule has 1 fully saturated rings. The van der Waals surface area contributed by atoms with Gasteiger partial charge in [-0.15, -0.1) is 11.3 Å². The van der Waals surface area contributed by atoms with Gasteiger partial charge in [0.05, 0.1) is 0 Å². The van der Waals surface area contributed by atoms with Crippen LogP contribution in [0.5, 0.6) is 0 Å². The summed E-state index contributed by atoms with van der Waals surface area (Å²) in [5, 5.41) is 5.94. The molecule has 1 heterocycles. The lowest BCUT2D eigenvalue weighted by Crippen LogP contribution is -2.34. The molecule has 0 amide bonds. The van der Waals surface area contributed by atoms with Gasteiger partial charge in [0.25, 0.3) is 0 Å². The molecular weight excluding hydrogens is 282 g/mol. The maximum absolute atomic E-state index is 3.78. The van der Waals surface area contributed by atoms with Crippen LogP contribution in [-0.2, 0) is 0 Å². The van der Waals surface area contributed by atoms with Crippen LogP contribution in [0.2, 0.25) is 0 Å². The molecule has 4 atom stereocenters. The van der Waals surface area contributed by atoms with Gasteiger partial charge in [0.15, 0.2) is 0 Å². The fraction of sp³-hybridized carbons (Fsp3) is 0.692. The third-order valence-corrected chi connectivity index (χ3v) is 5.82. The minimum absolute atomic E-state index is 0.481. The van der Waals surface area contributed by atoms with Crippen LogP contribution in [0, 0.1) is 11.8 Å². The Hall–Kier alpha value is 0.140. The molecule has 1 aliphatic rings. The molecule has 0 radical (unpaired) electrons. The van der Waals surface area contributed by atoms with E-state index in [2.05, 4.69) is 53.5 Å². The highest BCUT2D eigenvalue weighted by molar-refractivity contribution is 9.10. The summed E-state index contributed by atoms with van der Waals surface area (Å²) < 4.78 is 1.20. The van der Waals surface area contributed by atoms with Crippen molar-refractivity contribution in [2.75, 3.05) is 0 Å². The first-order valence-corrected chi connectivity index (χ1v) is 7.75. The molecule has 0 saturated heterocycles. The highest BCUT2D eigenvalue weighted by Gasteiger charge is 2.30. The molecule has 90 valence electrons. The number of nitrogens with one attached hydrogen (secondary N) is 1. The Bertz CT molecular complexity index is 349. The number of halogens is 1.